The molecule has 1 aliphatic rings. The number of nitro groups is 1. The number of carbonyl (C=O) groups is 2. The number of amides is 2. The Morgan fingerprint density at radius 3 is 2.75 bits per heavy atom. The van der Waals surface area contributed by atoms with Crippen LogP contribution in [0.3, 0.4) is 0 Å². The summed E-state index contributed by atoms with van der Waals surface area (Å²) in [4.78, 5) is 36.2. The quantitative estimate of drug-likeness (QED) is 0.149. The lowest BCUT2D eigenvalue weighted by atomic mass is 10.1. The van der Waals surface area contributed by atoms with Crippen LogP contribution in [0.15, 0.2) is 41.3 Å². The summed E-state index contributed by atoms with van der Waals surface area (Å²) in [7, 11) is 0. The smallest absolute Gasteiger partial charge is 0.294 e. The first-order valence-corrected chi connectivity index (χ1v) is 11.2. The molecule has 1 heterocycles. The van der Waals surface area contributed by atoms with E-state index < -0.39 is 16.1 Å². The molecule has 8 nitrogen and oxygen atoms in total. The highest BCUT2D eigenvalue weighted by Crippen LogP contribution is 2.38. The van der Waals surface area contributed by atoms with Gasteiger partial charge in [-0.3, -0.25) is 24.6 Å². The zero-order valence-electron chi connectivity index (χ0n) is 16.9. The van der Waals surface area contributed by atoms with E-state index in [1.165, 1.54) is 12.1 Å². The molecule has 0 aromatic heterocycles. The predicted octanol–water partition coefficient (Wildman–Crippen LogP) is 4.85. The van der Waals surface area contributed by atoms with Gasteiger partial charge < -0.3 is 9.47 Å². The van der Waals surface area contributed by atoms with Crippen LogP contribution >= 0.6 is 34.4 Å². The molecule has 0 aliphatic carbocycles. The van der Waals surface area contributed by atoms with Gasteiger partial charge in [-0.1, -0.05) is 18.1 Å². The van der Waals surface area contributed by atoms with Crippen LogP contribution in [-0.4, -0.2) is 34.1 Å². The van der Waals surface area contributed by atoms with Crippen molar-refractivity contribution in [1.82, 2.24) is 4.90 Å². The number of nitro benzene ring substituents is 1. The van der Waals surface area contributed by atoms with E-state index in [0.29, 0.717) is 32.8 Å². The first-order valence-electron chi connectivity index (χ1n) is 9.35. The normalized spacial score (nSPS) is 14.5. The molecule has 0 radical (unpaired) electrons. The maximum Gasteiger partial charge on any atom is 0.294 e. The number of terminal acetylenes is 1. The molecule has 0 N–H and O–H groups in total. The molecule has 2 amide bonds. The summed E-state index contributed by atoms with van der Waals surface area (Å²) in [5.74, 6) is 2.81. The van der Waals surface area contributed by atoms with Crippen molar-refractivity contribution in [3.63, 3.8) is 0 Å². The zero-order chi connectivity index (χ0) is 23.3. The van der Waals surface area contributed by atoms with E-state index >= 15 is 0 Å². The Kier molecular flexibility index (Phi) is 7.76. The summed E-state index contributed by atoms with van der Waals surface area (Å²) in [6.45, 7) is 2.25. The molecule has 1 fully saturated rings. The number of nitrogens with zero attached hydrogens (tertiary/aromatic N) is 2. The topological polar surface area (TPSA) is 99.0 Å². The Balaban J connectivity index is 1.86. The Morgan fingerprint density at radius 2 is 2.06 bits per heavy atom. The predicted molar refractivity (Wildman–Crippen MR) is 129 cm³/mol. The van der Waals surface area contributed by atoms with Gasteiger partial charge in [-0.05, 0) is 70.6 Å². The van der Waals surface area contributed by atoms with E-state index in [1.54, 1.807) is 30.3 Å². The van der Waals surface area contributed by atoms with Gasteiger partial charge in [-0.2, -0.15) is 0 Å². The average molecular weight is 564 g/mol. The lowest BCUT2D eigenvalue weighted by Gasteiger charge is -2.15. The number of non-ortho nitro benzene ring substituents is 1. The first-order chi connectivity index (χ1) is 15.3. The molecule has 0 unspecified atom stereocenters. The number of rotatable bonds is 8. The molecular weight excluding hydrogens is 547 g/mol. The largest absolute Gasteiger partial charge is 0.490 e. The molecule has 3 rings (SSSR count). The van der Waals surface area contributed by atoms with Gasteiger partial charge in [0.25, 0.3) is 16.8 Å². The maximum atomic E-state index is 12.4. The summed E-state index contributed by atoms with van der Waals surface area (Å²) in [5, 5.41) is 10.6. The number of ether oxygens (including phenoxy) is 2. The number of hydrogen-bond acceptors (Lipinski definition) is 7. The molecule has 0 bridgehead atoms. The van der Waals surface area contributed by atoms with Gasteiger partial charge in [-0.25, -0.2) is 0 Å². The van der Waals surface area contributed by atoms with Gasteiger partial charge in [0.05, 0.1) is 26.6 Å². The minimum atomic E-state index is -0.459. The van der Waals surface area contributed by atoms with Crippen LogP contribution in [0, 0.1) is 26.0 Å². The zero-order valence-corrected chi connectivity index (χ0v) is 19.8. The molecule has 2 aromatic carbocycles. The number of halogens is 1. The van der Waals surface area contributed by atoms with E-state index in [9.17, 15) is 19.7 Å². The summed E-state index contributed by atoms with van der Waals surface area (Å²) < 4.78 is 12.4. The fraction of sp³-hybridized carbons (Fsp3) is 0.182. The summed E-state index contributed by atoms with van der Waals surface area (Å²) >= 11 is 2.92. The van der Waals surface area contributed by atoms with Crippen molar-refractivity contribution in [1.29, 1.82) is 0 Å². The standard InChI is InChI=1S/C22H17IN2O6S/c1-3-8-24-21(26)19(32-22(24)27)12-15-10-17(23)20(18(11-15)30-4-2)31-13-14-6-5-7-16(9-14)25(28)29/h1,5-7,9-12H,4,8,13H2,2H3/b19-12+. The van der Waals surface area contributed by atoms with Crippen LogP contribution in [-0.2, 0) is 11.4 Å². The van der Waals surface area contributed by atoms with Gasteiger partial charge in [-0.15, -0.1) is 6.42 Å². The van der Waals surface area contributed by atoms with Crippen LogP contribution in [0.4, 0.5) is 10.5 Å². The van der Waals surface area contributed by atoms with Gasteiger partial charge in [0.15, 0.2) is 11.5 Å². The lowest BCUT2D eigenvalue weighted by Crippen LogP contribution is -2.28. The van der Waals surface area contributed by atoms with Crippen LogP contribution in [0.1, 0.15) is 18.1 Å². The third kappa shape index (κ3) is 5.41. The average Bonchev–Trinajstić information content (AvgIpc) is 3.01. The van der Waals surface area contributed by atoms with Crippen molar-refractivity contribution in [2.24, 2.45) is 0 Å². The van der Waals surface area contributed by atoms with Crippen molar-refractivity contribution in [3.05, 3.63) is 66.1 Å². The van der Waals surface area contributed by atoms with Crippen molar-refractivity contribution in [3.8, 4) is 23.8 Å². The SMILES string of the molecule is C#CCN1C(=O)S/C(=C/c2cc(I)c(OCc3cccc([N+](=O)[O-])c3)c(OCC)c2)C1=O. The minimum Gasteiger partial charge on any atom is -0.490 e. The second-order valence-electron chi connectivity index (χ2n) is 6.45. The summed E-state index contributed by atoms with van der Waals surface area (Å²) in [5.41, 5.74) is 1.29. The van der Waals surface area contributed by atoms with Crippen molar-refractivity contribution in [2.75, 3.05) is 13.2 Å². The van der Waals surface area contributed by atoms with E-state index in [0.717, 1.165) is 16.7 Å². The Morgan fingerprint density at radius 1 is 1.28 bits per heavy atom. The van der Waals surface area contributed by atoms with Crippen LogP contribution in [0.25, 0.3) is 6.08 Å². The molecule has 1 saturated heterocycles. The van der Waals surface area contributed by atoms with Crippen molar-refractivity contribution >= 4 is 57.3 Å². The van der Waals surface area contributed by atoms with Crippen LogP contribution < -0.4 is 9.47 Å². The van der Waals surface area contributed by atoms with Crippen molar-refractivity contribution in [2.45, 2.75) is 13.5 Å². The summed E-state index contributed by atoms with van der Waals surface area (Å²) in [6.07, 6.45) is 6.83. The Labute approximate surface area is 202 Å². The molecule has 0 saturated carbocycles. The van der Waals surface area contributed by atoms with Crippen molar-refractivity contribution < 1.29 is 24.0 Å². The summed E-state index contributed by atoms with van der Waals surface area (Å²) in [6, 6.07) is 9.71. The van der Waals surface area contributed by atoms with Gasteiger partial charge in [0, 0.05) is 12.1 Å². The second-order valence-corrected chi connectivity index (χ2v) is 8.61. The highest BCUT2D eigenvalue weighted by molar-refractivity contribution is 14.1. The molecule has 0 spiro atoms. The third-order valence-electron chi connectivity index (χ3n) is 4.26. The van der Waals surface area contributed by atoms with Gasteiger partial charge >= 0.3 is 0 Å². The fourth-order valence-corrected chi connectivity index (χ4v) is 4.49. The number of benzene rings is 2. The monoisotopic (exact) mass is 564 g/mol. The fourth-order valence-electron chi connectivity index (χ4n) is 2.87. The van der Waals surface area contributed by atoms with Crippen LogP contribution in [0.5, 0.6) is 11.5 Å². The number of thioether (sulfide) groups is 1. The third-order valence-corrected chi connectivity index (χ3v) is 5.97. The molecule has 0 atom stereocenters. The lowest BCUT2D eigenvalue weighted by molar-refractivity contribution is -0.384. The highest BCUT2D eigenvalue weighted by atomic mass is 127. The van der Waals surface area contributed by atoms with Gasteiger partial charge in [0.2, 0.25) is 0 Å². The Hall–Kier alpha value is -3.04. The molecule has 32 heavy (non-hydrogen) atoms. The minimum absolute atomic E-state index is 0.0139. The van der Waals surface area contributed by atoms with E-state index in [4.69, 9.17) is 15.9 Å². The number of imide groups is 1. The number of hydrogen-bond donors (Lipinski definition) is 0. The van der Waals surface area contributed by atoms with E-state index in [-0.39, 0.29) is 23.7 Å². The molecule has 164 valence electrons. The maximum absolute atomic E-state index is 12.4. The highest BCUT2D eigenvalue weighted by Gasteiger charge is 2.34. The second kappa shape index (κ2) is 10.5. The number of carbonyl (C=O) groups excluding carboxylic acids is 2. The van der Waals surface area contributed by atoms with Gasteiger partial charge in [0.1, 0.15) is 6.61 Å². The molecule has 2 aromatic rings. The van der Waals surface area contributed by atoms with Crippen LogP contribution in [0.2, 0.25) is 0 Å². The van der Waals surface area contributed by atoms with E-state index in [2.05, 4.69) is 28.5 Å². The Bertz CT molecular complexity index is 1160. The first kappa shape index (κ1) is 23.6. The van der Waals surface area contributed by atoms with E-state index in [1.807, 2.05) is 6.92 Å². The molecular formula is C22H17IN2O6S. The molecule has 10 heteroatoms. The molecule has 1 aliphatic heterocycles.